The van der Waals surface area contributed by atoms with E-state index in [2.05, 4.69) is 15.5 Å². The number of carbonyl (C=O) groups is 1. The number of methoxy groups -OCH3 is 1. The molecule has 1 atom stereocenters. The number of fused-ring (bicyclic) bond motifs is 1. The zero-order chi connectivity index (χ0) is 18.3. The number of nitrogens with zero attached hydrogens (tertiary/aromatic N) is 2. The summed E-state index contributed by atoms with van der Waals surface area (Å²) in [5.41, 5.74) is 3.51. The first-order valence-corrected chi connectivity index (χ1v) is 8.79. The van der Waals surface area contributed by atoms with Gasteiger partial charge in [0.25, 0.3) is 11.6 Å². The second-order valence-corrected chi connectivity index (χ2v) is 6.75. The quantitative estimate of drug-likeness (QED) is 0.754. The number of benzene rings is 1. The van der Waals surface area contributed by atoms with Crippen LogP contribution in [0.15, 0.2) is 34.9 Å². The molecule has 0 aliphatic heterocycles. The minimum atomic E-state index is -0.202. The van der Waals surface area contributed by atoms with Crippen LogP contribution in [0.3, 0.4) is 0 Å². The lowest BCUT2D eigenvalue weighted by atomic mass is 10.0. The molecule has 1 aromatic carbocycles. The molecule has 4 rings (SSSR count). The van der Waals surface area contributed by atoms with Gasteiger partial charge in [-0.1, -0.05) is 23.4 Å². The highest BCUT2D eigenvalue weighted by Crippen LogP contribution is 2.40. The third kappa shape index (κ3) is 2.92. The molecule has 3 aromatic rings. The third-order valence-corrected chi connectivity index (χ3v) is 4.83. The number of nitrogens with one attached hydrogen (secondary N) is 1. The highest BCUT2D eigenvalue weighted by atomic mass is 16.5. The standard InChI is InChI=1S/C20H21N3O3/c1-11(14-6-4-5-7-17(14)25-3)21-19(24)15-10-16(13-8-9-13)22-20-18(15)12(2)23-26-20/h4-7,10-11,13H,8-9H2,1-3H3,(H,21,24). The van der Waals surface area contributed by atoms with Gasteiger partial charge >= 0.3 is 0 Å². The number of carbonyl (C=O) groups excluding carboxylic acids is 1. The molecule has 1 aliphatic carbocycles. The molecule has 1 N–H and O–H groups in total. The first kappa shape index (κ1) is 16.6. The van der Waals surface area contributed by atoms with Crippen LogP contribution in [0.1, 0.15) is 59.0 Å². The van der Waals surface area contributed by atoms with E-state index in [1.807, 2.05) is 44.2 Å². The molecule has 1 amide bonds. The molecule has 134 valence electrons. The van der Waals surface area contributed by atoms with Crippen molar-refractivity contribution in [2.45, 2.75) is 38.6 Å². The number of aromatic nitrogens is 2. The Bertz CT molecular complexity index is 976. The van der Waals surface area contributed by atoms with E-state index in [0.29, 0.717) is 28.3 Å². The summed E-state index contributed by atoms with van der Waals surface area (Å²) in [5, 5.41) is 7.73. The Hall–Kier alpha value is -2.89. The summed E-state index contributed by atoms with van der Waals surface area (Å²) in [6.45, 7) is 3.77. The highest BCUT2D eigenvalue weighted by molar-refractivity contribution is 6.06. The van der Waals surface area contributed by atoms with E-state index in [4.69, 9.17) is 9.26 Å². The Balaban J connectivity index is 1.68. The fourth-order valence-corrected chi connectivity index (χ4v) is 3.26. The molecular formula is C20H21N3O3. The second kappa shape index (κ2) is 6.44. The van der Waals surface area contributed by atoms with Crippen LogP contribution in [0.4, 0.5) is 0 Å². The number of para-hydroxylation sites is 1. The number of ether oxygens (including phenoxy) is 1. The lowest BCUT2D eigenvalue weighted by Gasteiger charge is -2.17. The van der Waals surface area contributed by atoms with Gasteiger partial charge in [0.15, 0.2) is 0 Å². The summed E-state index contributed by atoms with van der Waals surface area (Å²) >= 11 is 0. The van der Waals surface area contributed by atoms with Crippen molar-refractivity contribution in [3.8, 4) is 5.75 Å². The fourth-order valence-electron chi connectivity index (χ4n) is 3.26. The molecule has 1 aliphatic rings. The number of pyridine rings is 1. The van der Waals surface area contributed by atoms with Crippen LogP contribution < -0.4 is 10.1 Å². The third-order valence-electron chi connectivity index (χ3n) is 4.83. The molecule has 1 unspecified atom stereocenters. The van der Waals surface area contributed by atoms with E-state index >= 15 is 0 Å². The minimum absolute atomic E-state index is 0.163. The van der Waals surface area contributed by atoms with Gasteiger partial charge in [-0.3, -0.25) is 4.79 Å². The van der Waals surface area contributed by atoms with Gasteiger partial charge in [0.1, 0.15) is 5.75 Å². The van der Waals surface area contributed by atoms with Crippen molar-refractivity contribution in [3.05, 3.63) is 52.8 Å². The lowest BCUT2D eigenvalue weighted by molar-refractivity contribution is 0.0941. The average molecular weight is 351 g/mol. The largest absolute Gasteiger partial charge is 0.496 e. The topological polar surface area (TPSA) is 77.2 Å². The first-order valence-electron chi connectivity index (χ1n) is 8.79. The van der Waals surface area contributed by atoms with E-state index in [0.717, 1.165) is 29.8 Å². The number of rotatable bonds is 5. The van der Waals surface area contributed by atoms with Gasteiger partial charge in [-0.05, 0) is 38.8 Å². The molecule has 26 heavy (non-hydrogen) atoms. The number of aryl methyl sites for hydroxylation is 1. The van der Waals surface area contributed by atoms with Crippen LogP contribution in [-0.2, 0) is 0 Å². The maximum atomic E-state index is 13.0. The van der Waals surface area contributed by atoms with Crippen LogP contribution in [0.25, 0.3) is 11.1 Å². The molecule has 6 nitrogen and oxygen atoms in total. The smallest absolute Gasteiger partial charge is 0.259 e. The number of amides is 1. The zero-order valence-corrected chi connectivity index (χ0v) is 15.1. The van der Waals surface area contributed by atoms with Crippen LogP contribution in [-0.4, -0.2) is 23.2 Å². The fraction of sp³-hybridized carbons (Fsp3) is 0.350. The second-order valence-electron chi connectivity index (χ2n) is 6.75. The van der Waals surface area contributed by atoms with Gasteiger partial charge in [0.05, 0.1) is 29.8 Å². The SMILES string of the molecule is COc1ccccc1C(C)NC(=O)c1cc(C2CC2)nc2onc(C)c12. The van der Waals surface area contributed by atoms with Gasteiger partial charge in [-0.25, -0.2) is 4.98 Å². The Morgan fingerprint density at radius 1 is 1.35 bits per heavy atom. The monoisotopic (exact) mass is 351 g/mol. The van der Waals surface area contributed by atoms with E-state index in [-0.39, 0.29) is 11.9 Å². The Kier molecular flexibility index (Phi) is 4.11. The molecule has 0 saturated heterocycles. The summed E-state index contributed by atoms with van der Waals surface area (Å²) in [6, 6.07) is 9.36. The van der Waals surface area contributed by atoms with Crippen LogP contribution in [0.2, 0.25) is 0 Å². The summed E-state index contributed by atoms with van der Waals surface area (Å²) in [4.78, 5) is 17.6. The van der Waals surface area contributed by atoms with Crippen molar-refractivity contribution in [1.29, 1.82) is 0 Å². The first-order chi connectivity index (χ1) is 12.6. The summed E-state index contributed by atoms with van der Waals surface area (Å²) in [7, 11) is 1.63. The maximum Gasteiger partial charge on any atom is 0.259 e. The highest BCUT2D eigenvalue weighted by Gasteiger charge is 2.29. The van der Waals surface area contributed by atoms with E-state index in [9.17, 15) is 4.79 Å². The van der Waals surface area contributed by atoms with Crippen molar-refractivity contribution in [1.82, 2.24) is 15.5 Å². The van der Waals surface area contributed by atoms with Crippen molar-refractivity contribution < 1.29 is 14.1 Å². The van der Waals surface area contributed by atoms with Gasteiger partial charge in [0, 0.05) is 17.2 Å². The lowest BCUT2D eigenvalue weighted by Crippen LogP contribution is -2.27. The maximum absolute atomic E-state index is 13.0. The summed E-state index contributed by atoms with van der Waals surface area (Å²) in [5.74, 6) is 1.01. The Labute approximate surface area is 151 Å². The molecule has 0 radical (unpaired) electrons. The molecule has 1 fully saturated rings. The van der Waals surface area contributed by atoms with Crippen LogP contribution >= 0.6 is 0 Å². The summed E-state index contributed by atoms with van der Waals surface area (Å²) < 4.78 is 10.7. The van der Waals surface area contributed by atoms with Crippen molar-refractivity contribution in [2.75, 3.05) is 7.11 Å². The van der Waals surface area contributed by atoms with E-state index in [1.165, 1.54) is 0 Å². The molecule has 2 heterocycles. The van der Waals surface area contributed by atoms with E-state index < -0.39 is 0 Å². The van der Waals surface area contributed by atoms with Crippen LogP contribution in [0, 0.1) is 6.92 Å². The molecule has 0 bridgehead atoms. The van der Waals surface area contributed by atoms with Crippen LogP contribution in [0.5, 0.6) is 5.75 Å². The number of hydrogen-bond donors (Lipinski definition) is 1. The molecule has 0 spiro atoms. The average Bonchev–Trinajstić information content (AvgIpc) is 3.44. The molecule has 1 saturated carbocycles. The van der Waals surface area contributed by atoms with Gasteiger partial charge < -0.3 is 14.6 Å². The molecular weight excluding hydrogens is 330 g/mol. The number of hydrogen-bond acceptors (Lipinski definition) is 5. The predicted molar refractivity (Wildman–Crippen MR) is 97.4 cm³/mol. The zero-order valence-electron chi connectivity index (χ0n) is 15.1. The summed E-state index contributed by atoms with van der Waals surface area (Å²) in [6.07, 6.45) is 2.20. The normalized spacial score (nSPS) is 15.0. The molecule has 2 aromatic heterocycles. The van der Waals surface area contributed by atoms with E-state index in [1.54, 1.807) is 7.11 Å². The Morgan fingerprint density at radius 3 is 2.85 bits per heavy atom. The van der Waals surface area contributed by atoms with Crippen molar-refractivity contribution in [3.63, 3.8) is 0 Å². The van der Waals surface area contributed by atoms with Gasteiger partial charge in [-0.15, -0.1) is 0 Å². The Morgan fingerprint density at radius 2 is 2.12 bits per heavy atom. The van der Waals surface area contributed by atoms with Gasteiger partial charge in [0.2, 0.25) is 0 Å². The van der Waals surface area contributed by atoms with Gasteiger partial charge in [-0.2, -0.15) is 0 Å². The molecule has 6 heteroatoms. The van der Waals surface area contributed by atoms with Crippen molar-refractivity contribution in [2.24, 2.45) is 0 Å². The van der Waals surface area contributed by atoms with Crippen molar-refractivity contribution >= 4 is 17.0 Å². The minimum Gasteiger partial charge on any atom is -0.496 e. The predicted octanol–water partition coefficient (Wildman–Crippen LogP) is 3.91.